The van der Waals surface area contributed by atoms with E-state index in [-0.39, 0.29) is 0 Å². The average molecular weight is 382 g/mol. The Balaban J connectivity index is 2.50. The van der Waals surface area contributed by atoms with Crippen molar-refractivity contribution in [3.05, 3.63) is 33.8 Å². The summed E-state index contributed by atoms with van der Waals surface area (Å²) in [5.74, 6) is 2.02. The van der Waals surface area contributed by atoms with Crippen LogP contribution >= 0.6 is 22.6 Å². The van der Waals surface area contributed by atoms with Crippen molar-refractivity contribution >= 4 is 28.4 Å². The molecule has 2 heterocycles. The monoisotopic (exact) mass is 382 g/mol. The zero-order valence-corrected chi connectivity index (χ0v) is 14.2. The van der Waals surface area contributed by atoms with Gasteiger partial charge in [0.15, 0.2) is 5.82 Å². The van der Waals surface area contributed by atoms with Crippen molar-refractivity contribution in [2.24, 2.45) is 0 Å². The van der Waals surface area contributed by atoms with E-state index in [1.54, 1.807) is 12.4 Å². The molecule has 4 nitrogen and oxygen atoms in total. The third kappa shape index (κ3) is 3.45. The van der Waals surface area contributed by atoms with Crippen LogP contribution in [-0.2, 0) is 0 Å². The molecule has 0 aliphatic heterocycles. The Morgan fingerprint density at radius 2 is 2.10 bits per heavy atom. The van der Waals surface area contributed by atoms with E-state index in [1.807, 2.05) is 12.1 Å². The molecule has 106 valence electrons. The molecule has 2 aromatic heterocycles. The third-order valence-electron chi connectivity index (χ3n) is 2.89. The fraction of sp³-hybridized carbons (Fsp3) is 0.400. The first-order valence-corrected chi connectivity index (χ1v) is 7.93. The summed E-state index contributed by atoms with van der Waals surface area (Å²) in [5, 5.41) is 3.39. The van der Waals surface area contributed by atoms with Crippen LogP contribution in [0.2, 0.25) is 0 Å². The number of nitrogens with zero attached hydrogens (tertiary/aromatic N) is 3. The van der Waals surface area contributed by atoms with Crippen molar-refractivity contribution in [1.82, 2.24) is 15.0 Å². The molecule has 0 aliphatic rings. The van der Waals surface area contributed by atoms with Gasteiger partial charge in [0, 0.05) is 24.5 Å². The number of nitrogens with one attached hydrogen (secondary N) is 1. The lowest BCUT2D eigenvalue weighted by Crippen LogP contribution is -2.10. The molecule has 0 saturated heterocycles. The molecule has 0 aliphatic carbocycles. The van der Waals surface area contributed by atoms with E-state index in [2.05, 4.69) is 58.6 Å². The highest BCUT2D eigenvalue weighted by molar-refractivity contribution is 14.1. The molecule has 0 unspecified atom stereocenters. The van der Waals surface area contributed by atoms with Gasteiger partial charge in [0.2, 0.25) is 0 Å². The highest BCUT2D eigenvalue weighted by Gasteiger charge is 2.15. The van der Waals surface area contributed by atoms with Crippen molar-refractivity contribution in [3.63, 3.8) is 0 Å². The molecule has 0 aromatic carbocycles. The Labute approximate surface area is 133 Å². The van der Waals surface area contributed by atoms with Gasteiger partial charge in [0.25, 0.3) is 0 Å². The predicted molar refractivity (Wildman–Crippen MR) is 90.8 cm³/mol. The lowest BCUT2D eigenvalue weighted by Gasteiger charge is -2.14. The summed E-state index contributed by atoms with van der Waals surface area (Å²) in [5.41, 5.74) is 2.03. The van der Waals surface area contributed by atoms with E-state index >= 15 is 0 Å². The van der Waals surface area contributed by atoms with Crippen molar-refractivity contribution < 1.29 is 0 Å². The maximum absolute atomic E-state index is 4.71. The van der Waals surface area contributed by atoms with Crippen molar-refractivity contribution in [2.45, 2.75) is 33.1 Å². The number of halogens is 1. The summed E-state index contributed by atoms with van der Waals surface area (Å²) in [7, 11) is 0. The second-order valence-corrected chi connectivity index (χ2v) is 6.00. The summed E-state index contributed by atoms with van der Waals surface area (Å²) < 4.78 is 1.11. The smallest absolute Gasteiger partial charge is 0.163 e. The molecule has 0 fully saturated rings. The number of hydrogen-bond donors (Lipinski definition) is 1. The van der Waals surface area contributed by atoms with Crippen LogP contribution in [-0.4, -0.2) is 21.5 Å². The van der Waals surface area contributed by atoms with Crippen LogP contribution in [0.5, 0.6) is 0 Å². The van der Waals surface area contributed by atoms with Crippen molar-refractivity contribution in [2.75, 3.05) is 11.9 Å². The number of aromatic nitrogens is 3. The van der Waals surface area contributed by atoms with Gasteiger partial charge in [-0.3, -0.25) is 4.98 Å². The molecule has 2 rings (SSSR count). The first-order valence-electron chi connectivity index (χ1n) is 6.85. The first kappa shape index (κ1) is 15.2. The molecule has 0 bridgehead atoms. The van der Waals surface area contributed by atoms with Crippen LogP contribution in [0.1, 0.15) is 38.8 Å². The van der Waals surface area contributed by atoms with Crippen LogP contribution in [0.15, 0.2) is 24.5 Å². The molecule has 20 heavy (non-hydrogen) atoms. The Morgan fingerprint density at radius 3 is 2.70 bits per heavy atom. The molecule has 0 saturated carbocycles. The van der Waals surface area contributed by atoms with Crippen LogP contribution in [0, 0.1) is 3.57 Å². The van der Waals surface area contributed by atoms with E-state index in [1.165, 1.54) is 0 Å². The SMILES string of the molecule is CCCNc1nc(-c2cccnc2)nc(C(C)C)c1I. The van der Waals surface area contributed by atoms with Gasteiger partial charge in [-0.15, -0.1) is 0 Å². The fourth-order valence-corrected chi connectivity index (χ4v) is 2.89. The fourth-order valence-electron chi connectivity index (χ4n) is 1.83. The largest absolute Gasteiger partial charge is 0.369 e. The van der Waals surface area contributed by atoms with Gasteiger partial charge in [0.05, 0.1) is 9.26 Å². The topological polar surface area (TPSA) is 50.7 Å². The van der Waals surface area contributed by atoms with E-state index in [0.29, 0.717) is 5.92 Å². The number of hydrogen-bond acceptors (Lipinski definition) is 4. The second-order valence-electron chi connectivity index (χ2n) is 4.92. The van der Waals surface area contributed by atoms with E-state index in [4.69, 9.17) is 4.98 Å². The van der Waals surface area contributed by atoms with Gasteiger partial charge in [-0.25, -0.2) is 9.97 Å². The molecule has 5 heteroatoms. The van der Waals surface area contributed by atoms with Gasteiger partial charge in [0.1, 0.15) is 5.82 Å². The quantitative estimate of drug-likeness (QED) is 0.792. The summed E-state index contributed by atoms with van der Waals surface area (Å²) in [6.07, 6.45) is 4.63. The van der Waals surface area contributed by atoms with Crippen LogP contribution in [0.4, 0.5) is 5.82 Å². The number of pyridine rings is 1. The Bertz CT molecular complexity index is 570. The number of anilines is 1. The lowest BCUT2D eigenvalue weighted by molar-refractivity contribution is 0.807. The Morgan fingerprint density at radius 1 is 1.30 bits per heavy atom. The van der Waals surface area contributed by atoms with Gasteiger partial charge >= 0.3 is 0 Å². The molecule has 2 aromatic rings. The first-order chi connectivity index (χ1) is 9.63. The van der Waals surface area contributed by atoms with Gasteiger partial charge in [-0.2, -0.15) is 0 Å². The van der Waals surface area contributed by atoms with E-state index in [0.717, 1.165) is 39.4 Å². The highest BCUT2D eigenvalue weighted by atomic mass is 127. The molecule has 0 spiro atoms. The minimum Gasteiger partial charge on any atom is -0.369 e. The molecule has 0 radical (unpaired) electrons. The van der Waals surface area contributed by atoms with Crippen molar-refractivity contribution in [3.8, 4) is 11.4 Å². The average Bonchev–Trinajstić information content (AvgIpc) is 2.46. The maximum atomic E-state index is 4.71. The highest BCUT2D eigenvalue weighted by Crippen LogP contribution is 2.28. The van der Waals surface area contributed by atoms with Crippen molar-refractivity contribution in [1.29, 1.82) is 0 Å². The standard InChI is InChI=1S/C15H19IN4/c1-4-7-18-15-12(16)13(10(2)3)19-14(20-15)11-6-5-8-17-9-11/h5-6,8-10H,4,7H2,1-3H3,(H,18,19,20). The van der Waals surface area contributed by atoms with Gasteiger partial charge in [-0.05, 0) is 47.1 Å². The minimum absolute atomic E-state index is 0.363. The zero-order chi connectivity index (χ0) is 14.5. The van der Waals surface area contributed by atoms with Crippen LogP contribution in [0.3, 0.4) is 0 Å². The lowest BCUT2D eigenvalue weighted by atomic mass is 10.1. The molecule has 0 atom stereocenters. The summed E-state index contributed by atoms with van der Waals surface area (Å²) >= 11 is 2.33. The molecular weight excluding hydrogens is 363 g/mol. The molecule has 1 N–H and O–H groups in total. The zero-order valence-electron chi connectivity index (χ0n) is 12.0. The number of rotatable bonds is 5. The minimum atomic E-state index is 0.363. The van der Waals surface area contributed by atoms with E-state index in [9.17, 15) is 0 Å². The Hall–Kier alpha value is -1.24. The summed E-state index contributed by atoms with van der Waals surface area (Å²) in [6.45, 7) is 7.37. The summed E-state index contributed by atoms with van der Waals surface area (Å²) in [6, 6.07) is 3.90. The summed E-state index contributed by atoms with van der Waals surface area (Å²) in [4.78, 5) is 13.5. The van der Waals surface area contributed by atoms with Crippen LogP contribution in [0.25, 0.3) is 11.4 Å². The van der Waals surface area contributed by atoms with E-state index < -0.39 is 0 Å². The second kappa shape index (κ2) is 6.97. The predicted octanol–water partition coefficient (Wildman–Crippen LogP) is 4.09. The van der Waals surface area contributed by atoms with Crippen LogP contribution < -0.4 is 5.32 Å². The molecular formula is C15H19IN4. The molecule has 0 amide bonds. The normalized spacial score (nSPS) is 10.8. The van der Waals surface area contributed by atoms with Gasteiger partial charge in [-0.1, -0.05) is 20.8 Å². The maximum Gasteiger partial charge on any atom is 0.163 e. The Kier molecular flexibility index (Phi) is 5.28. The van der Waals surface area contributed by atoms with Gasteiger partial charge < -0.3 is 5.32 Å². The third-order valence-corrected chi connectivity index (χ3v) is 3.95.